The van der Waals surface area contributed by atoms with Crippen LogP contribution in [0, 0.1) is 16.7 Å². The van der Waals surface area contributed by atoms with Crippen LogP contribution in [0.3, 0.4) is 0 Å². The summed E-state index contributed by atoms with van der Waals surface area (Å²) >= 11 is 0. The molecule has 5 heterocycles. The summed E-state index contributed by atoms with van der Waals surface area (Å²) in [6.45, 7) is 10.2. The van der Waals surface area contributed by atoms with Crippen molar-refractivity contribution in [1.82, 2.24) is 14.9 Å². The smallest absolute Gasteiger partial charge is 0.245 e. The van der Waals surface area contributed by atoms with Crippen LogP contribution < -0.4 is 14.7 Å². The summed E-state index contributed by atoms with van der Waals surface area (Å²) in [5.41, 5.74) is 2.97. The normalized spacial score (nSPS) is 20.6. The van der Waals surface area contributed by atoms with Gasteiger partial charge in [0.2, 0.25) is 11.9 Å². The maximum atomic E-state index is 12.0. The van der Waals surface area contributed by atoms with E-state index in [-0.39, 0.29) is 11.3 Å². The molecular formula is C27H31N7O2. The highest BCUT2D eigenvalue weighted by molar-refractivity contribution is 5.88. The molecule has 4 aliphatic heterocycles. The van der Waals surface area contributed by atoms with E-state index < -0.39 is 0 Å². The van der Waals surface area contributed by atoms with Crippen molar-refractivity contribution in [3.05, 3.63) is 48.0 Å². The van der Waals surface area contributed by atoms with Crippen molar-refractivity contribution in [2.24, 2.45) is 5.41 Å². The van der Waals surface area contributed by atoms with Gasteiger partial charge in [-0.1, -0.05) is 24.8 Å². The number of hydrogen-bond acceptors (Lipinski definition) is 8. The van der Waals surface area contributed by atoms with Crippen molar-refractivity contribution in [2.45, 2.75) is 19.3 Å². The first-order valence-electron chi connectivity index (χ1n) is 12.8. The molecule has 0 unspecified atom stereocenters. The van der Waals surface area contributed by atoms with E-state index in [1.165, 1.54) is 11.6 Å². The summed E-state index contributed by atoms with van der Waals surface area (Å²) in [6, 6.07) is 10.9. The van der Waals surface area contributed by atoms with E-state index in [1.54, 1.807) is 0 Å². The zero-order chi connectivity index (χ0) is 24.7. The van der Waals surface area contributed by atoms with Gasteiger partial charge in [0.05, 0.1) is 13.2 Å². The number of nitriles is 1. The number of anilines is 4. The van der Waals surface area contributed by atoms with Crippen molar-refractivity contribution in [3.8, 4) is 6.07 Å². The van der Waals surface area contributed by atoms with Gasteiger partial charge in [0.25, 0.3) is 0 Å². The van der Waals surface area contributed by atoms with E-state index in [4.69, 9.17) is 14.7 Å². The molecule has 186 valence electrons. The summed E-state index contributed by atoms with van der Waals surface area (Å²) in [6.07, 6.45) is 4.39. The second-order valence-electron chi connectivity index (χ2n) is 10.2. The summed E-state index contributed by atoms with van der Waals surface area (Å²) in [4.78, 5) is 30.5. The minimum Gasteiger partial charge on any atom is -0.378 e. The molecule has 2 aromatic rings. The number of amides is 1. The van der Waals surface area contributed by atoms with Crippen LogP contribution in [0.1, 0.15) is 24.0 Å². The summed E-state index contributed by atoms with van der Waals surface area (Å²) in [5, 5.41) is 10.4. The van der Waals surface area contributed by atoms with Gasteiger partial charge in [-0.2, -0.15) is 15.2 Å². The Bertz CT molecular complexity index is 1230. The molecule has 36 heavy (non-hydrogen) atoms. The molecule has 0 radical (unpaired) electrons. The van der Waals surface area contributed by atoms with Gasteiger partial charge in [-0.05, 0) is 37.0 Å². The first-order valence-corrected chi connectivity index (χ1v) is 12.8. The van der Waals surface area contributed by atoms with Crippen molar-refractivity contribution in [3.63, 3.8) is 0 Å². The van der Waals surface area contributed by atoms with Crippen LogP contribution in [0.2, 0.25) is 0 Å². The molecule has 0 N–H and O–H groups in total. The van der Waals surface area contributed by atoms with Crippen LogP contribution in [-0.2, 0) is 16.0 Å². The maximum absolute atomic E-state index is 12.0. The van der Waals surface area contributed by atoms with Gasteiger partial charge >= 0.3 is 0 Å². The van der Waals surface area contributed by atoms with Crippen LogP contribution in [0.4, 0.5) is 23.3 Å². The molecule has 1 aromatic heterocycles. The van der Waals surface area contributed by atoms with Crippen LogP contribution in [0.25, 0.3) is 0 Å². The second kappa shape index (κ2) is 9.10. The number of carbonyl (C=O) groups is 1. The number of carbonyl (C=O) groups excluding carboxylic acids is 1. The molecule has 6 rings (SSSR count). The third-order valence-electron chi connectivity index (χ3n) is 7.91. The van der Waals surface area contributed by atoms with Gasteiger partial charge < -0.3 is 24.3 Å². The Morgan fingerprint density at radius 1 is 1.06 bits per heavy atom. The first-order chi connectivity index (χ1) is 17.6. The molecule has 3 fully saturated rings. The Morgan fingerprint density at radius 2 is 1.83 bits per heavy atom. The van der Waals surface area contributed by atoms with Crippen LogP contribution in [-0.4, -0.2) is 79.8 Å². The van der Waals surface area contributed by atoms with Crippen molar-refractivity contribution >= 4 is 29.2 Å². The van der Waals surface area contributed by atoms with Crippen molar-refractivity contribution < 1.29 is 9.53 Å². The van der Waals surface area contributed by atoms with Crippen LogP contribution >= 0.6 is 0 Å². The summed E-state index contributed by atoms with van der Waals surface area (Å²) in [7, 11) is 0. The first kappa shape index (κ1) is 22.8. The Labute approximate surface area is 211 Å². The number of para-hydroxylation sites is 1. The number of aromatic nitrogens is 2. The molecule has 9 heteroatoms. The average Bonchev–Trinajstić information content (AvgIpc) is 3.37. The third-order valence-corrected chi connectivity index (χ3v) is 7.91. The summed E-state index contributed by atoms with van der Waals surface area (Å²) < 4.78 is 5.57. The predicted octanol–water partition coefficient (Wildman–Crippen LogP) is 2.49. The number of morpholine rings is 1. The Hall–Kier alpha value is -3.64. The molecule has 0 aliphatic carbocycles. The number of rotatable bonds is 4. The number of likely N-dealkylation sites (tertiary alicyclic amines) is 1. The van der Waals surface area contributed by atoms with Crippen molar-refractivity contribution in [2.75, 3.05) is 73.7 Å². The fraction of sp³-hybridized carbons (Fsp3) is 0.481. The minimum absolute atomic E-state index is 0.0144. The number of aryl methyl sites for hydroxylation is 1. The fourth-order valence-corrected chi connectivity index (χ4v) is 6.03. The third kappa shape index (κ3) is 3.86. The van der Waals surface area contributed by atoms with Gasteiger partial charge in [0, 0.05) is 56.9 Å². The van der Waals surface area contributed by atoms with E-state index in [2.05, 4.69) is 45.5 Å². The largest absolute Gasteiger partial charge is 0.378 e. The summed E-state index contributed by atoms with van der Waals surface area (Å²) in [5.74, 6) is 2.04. The minimum atomic E-state index is -0.0144. The molecule has 0 bridgehead atoms. The Balaban J connectivity index is 1.39. The standard InChI is InChI=1S/C27H31N7O2/c1-2-23(35)33-18-27(19-33)9-11-32(17-27)24-21(16-28)25(30-26(29-24)31-12-14-36-15-13-31)34-10-5-7-20-6-3-4-8-22(20)34/h2-4,6,8H,1,5,7,9-15,17-19H2. The predicted molar refractivity (Wildman–Crippen MR) is 138 cm³/mol. The monoisotopic (exact) mass is 485 g/mol. The van der Waals surface area contributed by atoms with Gasteiger partial charge in [-0.25, -0.2) is 0 Å². The lowest BCUT2D eigenvalue weighted by Crippen LogP contribution is -2.59. The molecule has 3 saturated heterocycles. The van der Waals surface area contributed by atoms with E-state index in [0.29, 0.717) is 36.4 Å². The number of benzene rings is 1. The molecule has 9 nitrogen and oxygen atoms in total. The van der Waals surface area contributed by atoms with Crippen LogP contribution in [0.15, 0.2) is 36.9 Å². The van der Waals surface area contributed by atoms with Gasteiger partial charge in [0.1, 0.15) is 11.6 Å². The van der Waals surface area contributed by atoms with E-state index >= 15 is 0 Å². The van der Waals surface area contributed by atoms with E-state index in [1.807, 2.05) is 11.0 Å². The quantitative estimate of drug-likeness (QED) is 0.611. The number of fused-ring (bicyclic) bond motifs is 1. The zero-order valence-electron chi connectivity index (χ0n) is 20.5. The number of hydrogen-bond donors (Lipinski definition) is 0. The SMILES string of the molecule is C=CC(=O)N1CC2(CCN(c3nc(N4CCOCC4)nc(N4CCCc5ccccc54)c3C#N)C2)C1. The topological polar surface area (TPSA) is 88.8 Å². The molecule has 1 aromatic carbocycles. The molecule has 4 aliphatic rings. The Kier molecular flexibility index (Phi) is 5.76. The lowest BCUT2D eigenvalue weighted by molar-refractivity contribution is -0.136. The lowest BCUT2D eigenvalue weighted by Gasteiger charge is -2.47. The van der Waals surface area contributed by atoms with Crippen LogP contribution in [0.5, 0.6) is 0 Å². The highest BCUT2D eigenvalue weighted by Crippen LogP contribution is 2.44. The highest BCUT2D eigenvalue weighted by atomic mass is 16.5. The lowest BCUT2D eigenvalue weighted by atomic mass is 9.79. The molecule has 0 saturated carbocycles. The fourth-order valence-electron chi connectivity index (χ4n) is 6.03. The zero-order valence-corrected chi connectivity index (χ0v) is 20.5. The molecular weight excluding hydrogens is 454 g/mol. The average molecular weight is 486 g/mol. The maximum Gasteiger partial charge on any atom is 0.245 e. The number of ether oxygens (including phenoxy) is 1. The highest BCUT2D eigenvalue weighted by Gasteiger charge is 2.49. The van der Waals surface area contributed by atoms with Crippen molar-refractivity contribution in [1.29, 1.82) is 5.26 Å². The molecule has 1 spiro atoms. The molecule has 1 amide bonds. The van der Waals surface area contributed by atoms with E-state index in [9.17, 15) is 10.1 Å². The second-order valence-corrected chi connectivity index (χ2v) is 10.2. The van der Waals surface area contributed by atoms with Gasteiger partial charge in [-0.15, -0.1) is 0 Å². The van der Waals surface area contributed by atoms with E-state index in [0.717, 1.165) is 70.8 Å². The molecule has 0 atom stereocenters. The Morgan fingerprint density at radius 3 is 2.61 bits per heavy atom. The number of nitrogens with zero attached hydrogens (tertiary/aromatic N) is 7. The van der Waals surface area contributed by atoms with Gasteiger partial charge in [-0.3, -0.25) is 4.79 Å². The van der Waals surface area contributed by atoms with Gasteiger partial charge in [0.15, 0.2) is 11.6 Å².